The van der Waals surface area contributed by atoms with Crippen molar-refractivity contribution in [2.75, 3.05) is 0 Å². The molecule has 0 spiro atoms. The topological polar surface area (TPSA) is 68.9 Å². The van der Waals surface area contributed by atoms with Crippen LogP contribution in [0.1, 0.15) is 18.4 Å². The molecule has 1 amide bonds. The third-order valence-corrected chi connectivity index (χ3v) is 5.03. The number of aryl methyl sites for hydroxylation is 2. The van der Waals surface area contributed by atoms with Crippen LogP contribution in [0.3, 0.4) is 0 Å². The van der Waals surface area contributed by atoms with Crippen LogP contribution in [0.5, 0.6) is 0 Å². The Kier molecular flexibility index (Phi) is 5.12. The van der Waals surface area contributed by atoms with Gasteiger partial charge in [-0.15, -0.1) is 0 Å². The van der Waals surface area contributed by atoms with E-state index in [4.69, 9.17) is 0 Å². The molecule has 0 unspecified atom stereocenters. The van der Waals surface area contributed by atoms with Gasteiger partial charge in [-0.05, 0) is 30.2 Å². The van der Waals surface area contributed by atoms with Crippen molar-refractivity contribution in [1.82, 2.24) is 19.7 Å². The first-order valence-corrected chi connectivity index (χ1v) is 9.49. The van der Waals surface area contributed by atoms with Crippen molar-refractivity contribution in [1.29, 1.82) is 0 Å². The summed E-state index contributed by atoms with van der Waals surface area (Å²) in [5.41, 5.74) is 2.11. The Morgan fingerprint density at radius 2 is 1.97 bits per heavy atom. The monoisotopic (exact) mass is 392 g/mol. The number of benzene rings is 2. The summed E-state index contributed by atoms with van der Waals surface area (Å²) in [5.74, 6) is -0.427. The van der Waals surface area contributed by atoms with Crippen LogP contribution in [0.2, 0.25) is 0 Å². The number of para-hydroxylation sites is 1. The summed E-state index contributed by atoms with van der Waals surface area (Å²) in [7, 11) is 1.63. The predicted octanol–water partition coefficient (Wildman–Crippen LogP) is 3.12. The molecule has 2 heterocycles. The lowest BCUT2D eigenvalue weighted by Crippen LogP contribution is -2.23. The SMILES string of the molecule is Cn1ncc2c3ccccc3n(CCCC(=O)NCc3cccc(F)c3)c2c1=O. The highest BCUT2D eigenvalue weighted by Gasteiger charge is 2.15. The second-order valence-electron chi connectivity index (χ2n) is 7.01. The summed E-state index contributed by atoms with van der Waals surface area (Å²) in [6.07, 6.45) is 2.60. The van der Waals surface area contributed by atoms with Gasteiger partial charge in [0.1, 0.15) is 11.3 Å². The average molecular weight is 392 g/mol. The number of hydrogen-bond acceptors (Lipinski definition) is 3. The van der Waals surface area contributed by atoms with Crippen LogP contribution in [0, 0.1) is 5.82 Å². The zero-order valence-electron chi connectivity index (χ0n) is 16.1. The minimum absolute atomic E-state index is 0.107. The highest BCUT2D eigenvalue weighted by molar-refractivity contribution is 6.07. The Morgan fingerprint density at radius 1 is 1.14 bits per heavy atom. The fourth-order valence-electron chi connectivity index (χ4n) is 3.61. The van der Waals surface area contributed by atoms with E-state index in [0.717, 1.165) is 21.9 Å². The number of rotatable bonds is 6. The highest BCUT2D eigenvalue weighted by atomic mass is 19.1. The molecule has 0 bridgehead atoms. The number of carbonyl (C=O) groups is 1. The molecular weight excluding hydrogens is 371 g/mol. The van der Waals surface area contributed by atoms with E-state index < -0.39 is 0 Å². The predicted molar refractivity (Wildman–Crippen MR) is 110 cm³/mol. The zero-order valence-corrected chi connectivity index (χ0v) is 16.1. The molecule has 4 rings (SSSR count). The molecule has 2 aromatic heterocycles. The molecule has 148 valence electrons. The third kappa shape index (κ3) is 3.76. The number of halogens is 1. The van der Waals surface area contributed by atoms with Gasteiger partial charge in [0.15, 0.2) is 0 Å². The largest absolute Gasteiger partial charge is 0.352 e. The van der Waals surface area contributed by atoms with Crippen LogP contribution in [-0.4, -0.2) is 20.3 Å². The third-order valence-electron chi connectivity index (χ3n) is 5.03. The van der Waals surface area contributed by atoms with Crippen molar-refractivity contribution in [3.05, 3.63) is 76.5 Å². The molecule has 4 aromatic rings. The van der Waals surface area contributed by atoms with Gasteiger partial charge in [0.25, 0.3) is 5.56 Å². The quantitative estimate of drug-likeness (QED) is 0.548. The molecule has 1 N–H and O–H groups in total. The Labute approximate surface area is 166 Å². The van der Waals surface area contributed by atoms with Crippen LogP contribution in [0.4, 0.5) is 4.39 Å². The number of amides is 1. The summed E-state index contributed by atoms with van der Waals surface area (Å²) in [6.45, 7) is 0.828. The summed E-state index contributed by atoms with van der Waals surface area (Å²) in [6, 6.07) is 14.0. The molecule has 0 aliphatic carbocycles. The lowest BCUT2D eigenvalue weighted by molar-refractivity contribution is -0.121. The van der Waals surface area contributed by atoms with Gasteiger partial charge in [-0.1, -0.05) is 30.3 Å². The van der Waals surface area contributed by atoms with E-state index in [2.05, 4.69) is 10.4 Å². The first-order valence-electron chi connectivity index (χ1n) is 9.49. The average Bonchev–Trinajstić information content (AvgIpc) is 3.04. The first-order chi connectivity index (χ1) is 14.0. The molecule has 7 heteroatoms. The number of aromatic nitrogens is 3. The highest BCUT2D eigenvalue weighted by Crippen LogP contribution is 2.26. The zero-order chi connectivity index (χ0) is 20.4. The van der Waals surface area contributed by atoms with Crippen molar-refractivity contribution >= 4 is 27.7 Å². The van der Waals surface area contributed by atoms with Gasteiger partial charge in [0.05, 0.1) is 6.20 Å². The molecule has 29 heavy (non-hydrogen) atoms. The van der Waals surface area contributed by atoms with E-state index in [1.165, 1.54) is 16.8 Å². The lowest BCUT2D eigenvalue weighted by Gasteiger charge is -2.08. The second kappa shape index (κ2) is 7.87. The van der Waals surface area contributed by atoms with Crippen LogP contribution in [-0.2, 0) is 24.9 Å². The number of carbonyl (C=O) groups excluding carboxylic acids is 1. The van der Waals surface area contributed by atoms with Gasteiger partial charge in [0.2, 0.25) is 5.91 Å². The fraction of sp³-hybridized carbons (Fsp3) is 0.227. The lowest BCUT2D eigenvalue weighted by atomic mass is 10.2. The number of nitrogens with zero attached hydrogens (tertiary/aromatic N) is 3. The number of fused-ring (bicyclic) bond motifs is 3. The van der Waals surface area contributed by atoms with E-state index in [9.17, 15) is 14.0 Å². The Morgan fingerprint density at radius 3 is 2.79 bits per heavy atom. The van der Waals surface area contributed by atoms with Gasteiger partial charge in [-0.3, -0.25) is 9.59 Å². The second-order valence-corrected chi connectivity index (χ2v) is 7.01. The van der Waals surface area contributed by atoms with Gasteiger partial charge in [-0.2, -0.15) is 5.10 Å². The van der Waals surface area contributed by atoms with Crippen LogP contribution in [0.25, 0.3) is 21.8 Å². The van der Waals surface area contributed by atoms with Crippen molar-refractivity contribution in [2.24, 2.45) is 7.05 Å². The van der Waals surface area contributed by atoms with Crippen molar-refractivity contribution in [3.8, 4) is 0 Å². The van der Waals surface area contributed by atoms with Gasteiger partial charge >= 0.3 is 0 Å². The van der Waals surface area contributed by atoms with Gasteiger partial charge in [0, 0.05) is 42.8 Å². The molecular formula is C22H21FN4O2. The minimum Gasteiger partial charge on any atom is -0.352 e. The maximum atomic E-state index is 13.2. The summed E-state index contributed by atoms with van der Waals surface area (Å²) in [4.78, 5) is 24.9. The van der Waals surface area contributed by atoms with Crippen molar-refractivity contribution in [3.63, 3.8) is 0 Å². The Bertz CT molecular complexity index is 1260. The molecule has 0 atom stereocenters. The molecule has 2 aromatic carbocycles. The van der Waals surface area contributed by atoms with Gasteiger partial charge in [-0.25, -0.2) is 9.07 Å². The molecule has 0 saturated heterocycles. The summed E-state index contributed by atoms with van der Waals surface area (Å²) >= 11 is 0. The van der Waals surface area contributed by atoms with E-state index in [-0.39, 0.29) is 23.8 Å². The minimum atomic E-state index is -0.320. The number of hydrogen-bond donors (Lipinski definition) is 1. The fourth-order valence-corrected chi connectivity index (χ4v) is 3.61. The smallest absolute Gasteiger partial charge is 0.291 e. The Balaban J connectivity index is 1.48. The van der Waals surface area contributed by atoms with Crippen molar-refractivity contribution < 1.29 is 9.18 Å². The van der Waals surface area contributed by atoms with Gasteiger partial charge < -0.3 is 9.88 Å². The van der Waals surface area contributed by atoms with Crippen molar-refractivity contribution in [2.45, 2.75) is 25.9 Å². The maximum Gasteiger partial charge on any atom is 0.291 e. The molecule has 6 nitrogen and oxygen atoms in total. The van der Waals surface area contributed by atoms with E-state index >= 15 is 0 Å². The molecule has 0 fully saturated rings. The standard InChI is InChI=1S/C22H21FN4O2/c1-26-22(29)21-18(14-25-26)17-8-2-3-9-19(17)27(21)11-5-10-20(28)24-13-15-6-4-7-16(23)12-15/h2-4,6-9,12,14H,5,10-11,13H2,1H3,(H,24,28). The number of nitrogens with one attached hydrogen (secondary N) is 1. The van der Waals surface area contributed by atoms with Crippen LogP contribution in [0.15, 0.2) is 59.5 Å². The summed E-state index contributed by atoms with van der Waals surface area (Å²) in [5, 5.41) is 8.74. The first kappa shape index (κ1) is 18.9. The van der Waals surface area contributed by atoms with E-state index in [0.29, 0.717) is 24.9 Å². The van der Waals surface area contributed by atoms with E-state index in [1.807, 2.05) is 28.8 Å². The molecule has 0 radical (unpaired) electrons. The Hall–Kier alpha value is -3.48. The molecule has 0 aliphatic rings. The van der Waals surface area contributed by atoms with Crippen LogP contribution >= 0.6 is 0 Å². The van der Waals surface area contributed by atoms with E-state index in [1.54, 1.807) is 25.4 Å². The molecule has 0 saturated carbocycles. The summed E-state index contributed by atoms with van der Waals surface area (Å²) < 4.78 is 16.5. The van der Waals surface area contributed by atoms with Crippen LogP contribution < -0.4 is 10.9 Å². The molecule has 0 aliphatic heterocycles. The normalized spacial score (nSPS) is 11.2. The maximum absolute atomic E-state index is 13.2.